The highest BCUT2D eigenvalue weighted by atomic mass is 16.5. The van der Waals surface area contributed by atoms with Crippen LogP contribution in [-0.2, 0) is 4.74 Å². The Labute approximate surface area is 74.9 Å². The van der Waals surface area contributed by atoms with Gasteiger partial charge in [-0.1, -0.05) is 26.2 Å². The van der Waals surface area contributed by atoms with Gasteiger partial charge in [0.2, 0.25) is 0 Å². The first-order valence-corrected chi connectivity index (χ1v) is 5.12. The van der Waals surface area contributed by atoms with E-state index in [2.05, 4.69) is 0 Å². The molecule has 0 aliphatic heterocycles. The van der Waals surface area contributed by atoms with E-state index in [1.54, 1.807) is 0 Å². The molecule has 0 radical (unpaired) electrons. The van der Waals surface area contributed by atoms with Crippen LogP contribution in [0.5, 0.6) is 0 Å². The predicted molar refractivity (Wildman–Crippen MR) is 49.1 cm³/mol. The third-order valence-electron chi connectivity index (χ3n) is 2.55. The fourth-order valence-corrected chi connectivity index (χ4v) is 1.60. The SMILES string of the molecule is CCC(O)COC1CCCCC1. The monoisotopic (exact) mass is 172 g/mol. The number of aliphatic hydroxyl groups is 1. The second-order valence-electron chi connectivity index (χ2n) is 3.66. The Bertz CT molecular complexity index is 108. The molecule has 1 unspecified atom stereocenters. The Morgan fingerprint density at radius 1 is 1.33 bits per heavy atom. The van der Waals surface area contributed by atoms with Gasteiger partial charge < -0.3 is 9.84 Å². The summed E-state index contributed by atoms with van der Waals surface area (Å²) in [5.41, 5.74) is 0. The van der Waals surface area contributed by atoms with Crippen molar-refractivity contribution in [3.8, 4) is 0 Å². The zero-order chi connectivity index (χ0) is 8.81. The van der Waals surface area contributed by atoms with Gasteiger partial charge in [0.15, 0.2) is 0 Å². The topological polar surface area (TPSA) is 29.5 Å². The van der Waals surface area contributed by atoms with Crippen LogP contribution in [0.2, 0.25) is 0 Å². The Morgan fingerprint density at radius 2 is 2.00 bits per heavy atom. The minimum atomic E-state index is -0.257. The molecule has 1 saturated carbocycles. The lowest BCUT2D eigenvalue weighted by Crippen LogP contribution is -2.22. The van der Waals surface area contributed by atoms with Gasteiger partial charge in [-0.05, 0) is 19.3 Å². The summed E-state index contributed by atoms with van der Waals surface area (Å²) in [6.45, 7) is 2.51. The van der Waals surface area contributed by atoms with Crippen molar-refractivity contribution in [2.75, 3.05) is 6.61 Å². The lowest BCUT2D eigenvalue weighted by Gasteiger charge is -2.23. The summed E-state index contributed by atoms with van der Waals surface area (Å²) < 4.78 is 5.59. The highest BCUT2D eigenvalue weighted by Crippen LogP contribution is 2.20. The highest BCUT2D eigenvalue weighted by molar-refractivity contribution is 4.65. The summed E-state index contributed by atoms with van der Waals surface area (Å²) in [4.78, 5) is 0. The summed E-state index contributed by atoms with van der Waals surface area (Å²) >= 11 is 0. The standard InChI is InChI=1S/C10H20O2/c1-2-9(11)8-12-10-6-4-3-5-7-10/h9-11H,2-8H2,1H3. The van der Waals surface area contributed by atoms with E-state index >= 15 is 0 Å². The van der Waals surface area contributed by atoms with Crippen molar-refractivity contribution in [3.63, 3.8) is 0 Å². The summed E-state index contributed by atoms with van der Waals surface area (Å²) in [5.74, 6) is 0. The second kappa shape index (κ2) is 5.55. The molecule has 2 heteroatoms. The third kappa shape index (κ3) is 3.55. The fourth-order valence-electron chi connectivity index (χ4n) is 1.60. The molecule has 0 aromatic carbocycles. The summed E-state index contributed by atoms with van der Waals surface area (Å²) in [5, 5.41) is 9.26. The van der Waals surface area contributed by atoms with E-state index < -0.39 is 0 Å². The van der Waals surface area contributed by atoms with Crippen molar-refractivity contribution >= 4 is 0 Å². The summed E-state index contributed by atoms with van der Waals surface area (Å²) in [6, 6.07) is 0. The molecule has 0 bridgehead atoms. The molecular formula is C10H20O2. The molecule has 1 atom stereocenters. The zero-order valence-electron chi connectivity index (χ0n) is 7.96. The van der Waals surface area contributed by atoms with Gasteiger partial charge in [0, 0.05) is 0 Å². The lowest BCUT2D eigenvalue weighted by molar-refractivity contribution is -0.0244. The first kappa shape index (κ1) is 10.0. The molecule has 0 aromatic heterocycles. The molecule has 1 N–H and O–H groups in total. The molecule has 1 rings (SSSR count). The maximum Gasteiger partial charge on any atom is 0.0771 e. The molecular weight excluding hydrogens is 152 g/mol. The van der Waals surface area contributed by atoms with Crippen molar-refractivity contribution in [2.24, 2.45) is 0 Å². The van der Waals surface area contributed by atoms with Crippen LogP contribution < -0.4 is 0 Å². The normalized spacial score (nSPS) is 22.5. The van der Waals surface area contributed by atoms with Crippen LogP contribution in [0, 0.1) is 0 Å². The minimum Gasteiger partial charge on any atom is -0.391 e. The van der Waals surface area contributed by atoms with Crippen LogP contribution in [0.1, 0.15) is 45.4 Å². The molecule has 0 heterocycles. The third-order valence-corrected chi connectivity index (χ3v) is 2.55. The van der Waals surface area contributed by atoms with Crippen molar-refractivity contribution in [1.29, 1.82) is 0 Å². The van der Waals surface area contributed by atoms with E-state index in [4.69, 9.17) is 4.74 Å². The van der Waals surface area contributed by atoms with Crippen LogP contribution in [0.4, 0.5) is 0 Å². The van der Waals surface area contributed by atoms with Gasteiger partial charge >= 0.3 is 0 Å². The number of aliphatic hydroxyl groups excluding tert-OH is 1. The number of rotatable bonds is 4. The summed E-state index contributed by atoms with van der Waals surface area (Å²) in [7, 11) is 0. The molecule has 0 saturated heterocycles. The largest absolute Gasteiger partial charge is 0.391 e. The van der Waals surface area contributed by atoms with E-state index in [1.165, 1.54) is 32.1 Å². The van der Waals surface area contributed by atoms with Crippen molar-refractivity contribution in [1.82, 2.24) is 0 Å². The molecule has 2 nitrogen and oxygen atoms in total. The van der Waals surface area contributed by atoms with E-state index in [0.717, 1.165) is 6.42 Å². The van der Waals surface area contributed by atoms with Gasteiger partial charge in [-0.25, -0.2) is 0 Å². The van der Waals surface area contributed by atoms with E-state index in [0.29, 0.717) is 12.7 Å². The van der Waals surface area contributed by atoms with Crippen LogP contribution >= 0.6 is 0 Å². The Hall–Kier alpha value is -0.0800. The molecule has 12 heavy (non-hydrogen) atoms. The second-order valence-corrected chi connectivity index (χ2v) is 3.66. The first-order chi connectivity index (χ1) is 5.83. The first-order valence-electron chi connectivity index (χ1n) is 5.12. The highest BCUT2D eigenvalue weighted by Gasteiger charge is 2.14. The van der Waals surface area contributed by atoms with Gasteiger partial charge in [-0.15, -0.1) is 0 Å². The molecule has 0 aromatic rings. The molecule has 72 valence electrons. The van der Waals surface area contributed by atoms with Crippen LogP contribution in [0.25, 0.3) is 0 Å². The van der Waals surface area contributed by atoms with Crippen LogP contribution in [0.15, 0.2) is 0 Å². The quantitative estimate of drug-likeness (QED) is 0.703. The van der Waals surface area contributed by atoms with E-state index in [1.807, 2.05) is 6.92 Å². The van der Waals surface area contributed by atoms with Gasteiger partial charge in [-0.2, -0.15) is 0 Å². The Balaban J connectivity index is 2.05. The van der Waals surface area contributed by atoms with Crippen molar-refractivity contribution < 1.29 is 9.84 Å². The molecule has 0 spiro atoms. The summed E-state index contributed by atoms with van der Waals surface area (Å²) in [6.07, 6.45) is 7.31. The van der Waals surface area contributed by atoms with E-state index in [-0.39, 0.29) is 6.10 Å². The minimum absolute atomic E-state index is 0.257. The van der Waals surface area contributed by atoms with Gasteiger partial charge in [0.05, 0.1) is 18.8 Å². The van der Waals surface area contributed by atoms with Crippen LogP contribution in [0.3, 0.4) is 0 Å². The van der Waals surface area contributed by atoms with Crippen molar-refractivity contribution in [2.45, 2.75) is 57.7 Å². The number of hydrogen-bond acceptors (Lipinski definition) is 2. The maximum atomic E-state index is 9.26. The average Bonchev–Trinajstić information content (AvgIpc) is 2.16. The smallest absolute Gasteiger partial charge is 0.0771 e. The predicted octanol–water partition coefficient (Wildman–Crippen LogP) is 2.11. The molecule has 0 amide bonds. The van der Waals surface area contributed by atoms with Crippen molar-refractivity contribution in [3.05, 3.63) is 0 Å². The zero-order valence-corrected chi connectivity index (χ0v) is 7.96. The maximum absolute atomic E-state index is 9.26. The number of ether oxygens (including phenoxy) is 1. The van der Waals surface area contributed by atoms with Gasteiger partial charge in [0.25, 0.3) is 0 Å². The van der Waals surface area contributed by atoms with Gasteiger partial charge in [0.1, 0.15) is 0 Å². The van der Waals surface area contributed by atoms with E-state index in [9.17, 15) is 5.11 Å². The van der Waals surface area contributed by atoms with Crippen LogP contribution in [-0.4, -0.2) is 23.9 Å². The molecule has 1 aliphatic carbocycles. The average molecular weight is 172 g/mol. The fraction of sp³-hybridized carbons (Fsp3) is 1.00. The Kier molecular flexibility index (Phi) is 4.62. The Morgan fingerprint density at radius 3 is 2.58 bits per heavy atom. The molecule has 1 fully saturated rings. The van der Waals surface area contributed by atoms with Gasteiger partial charge in [-0.3, -0.25) is 0 Å². The lowest BCUT2D eigenvalue weighted by atomic mass is 9.98. The molecule has 1 aliphatic rings. The number of hydrogen-bond donors (Lipinski definition) is 1.